The second kappa shape index (κ2) is 9.28. The third-order valence-electron chi connectivity index (χ3n) is 4.69. The Balaban J connectivity index is 1.84. The van der Waals surface area contributed by atoms with Crippen LogP contribution in [0.5, 0.6) is 11.6 Å². The van der Waals surface area contributed by atoms with Crippen molar-refractivity contribution >= 4 is 22.3 Å². The smallest absolute Gasteiger partial charge is 0.233 e. The van der Waals surface area contributed by atoms with Crippen LogP contribution in [0.4, 0.5) is 20.4 Å². The Morgan fingerprint density at radius 2 is 1.97 bits per heavy atom. The van der Waals surface area contributed by atoms with Crippen LogP contribution in [0.25, 0.3) is 11.1 Å². The summed E-state index contributed by atoms with van der Waals surface area (Å²) in [5.74, 6) is 0.490. The van der Waals surface area contributed by atoms with Crippen molar-refractivity contribution in [3.05, 3.63) is 59.3 Å². The van der Waals surface area contributed by atoms with E-state index in [1.807, 2.05) is 6.26 Å². The van der Waals surface area contributed by atoms with E-state index in [4.69, 9.17) is 14.3 Å². The highest BCUT2D eigenvalue weighted by molar-refractivity contribution is 7.82. The van der Waals surface area contributed by atoms with Crippen LogP contribution in [0.3, 0.4) is 0 Å². The average molecular weight is 456 g/mol. The number of rotatable bonds is 2. The Kier molecular flexibility index (Phi) is 6.28. The van der Waals surface area contributed by atoms with E-state index < -0.39 is 22.3 Å². The largest absolute Gasteiger partial charge is 0.493 e. The van der Waals surface area contributed by atoms with Gasteiger partial charge in [-0.05, 0) is 29.8 Å². The van der Waals surface area contributed by atoms with Gasteiger partial charge in [0.2, 0.25) is 5.88 Å². The van der Waals surface area contributed by atoms with E-state index in [9.17, 15) is 14.0 Å². The number of ether oxygens (including phenoxy) is 2. The van der Waals surface area contributed by atoms with Crippen molar-refractivity contribution in [3.63, 3.8) is 0 Å². The molecule has 0 fully saturated rings. The van der Waals surface area contributed by atoms with E-state index >= 15 is 0 Å². The Morgan fingerprint density at radius 3 is 2.75 bits per heavy atom. The molecule has 0 radical (unpaired) electrons. The first-order chi connectivity index (χ1) is 15.4. The molecular weight excluding hydrogens is 436 g/mol. The summed E-state index contributed by atoms with van der Waals surface area (Å²) in [5.41, 5.74) is 1.62. The summed E-state index contributed by atoms with van der Waals surface area (Å²) in [6.45, 7) is 0.414. The van der Waals surface area contributed by atoms with Gasteiger partial charge in [0.15, 0.2) is 0 Å². The minimum absolute atomic E-state index is 0.170. The highest BCUT2D eigenvalue weighted by Gasteiger charge is 2.18. The number of anilines is 2. The zero-order chi connectivity index (χ0) is 22.7. The SMILES string of the molecule is CS(=[NH2+])Cc1cc2nc(c1C#N)OCCCOc1cc(F)ccc1-c1cc(ncc1F)N2. The molecule has 1 aliphatic heterocycles. The quantitative estimate of drug-likeness (QED) is 0.614. The molecule has 0 saturated heterocycles. The number of hydrogen-bond donors (Lipinski definition) is 2. The number of fused-ring (bicyclic) bond motifs is 6. The van der Waals surface area contributed by atoms with Crippen LogP contribution < -0.4 is 19.6 Å². The molecular formula is C22H20F2N5O2S+. The fraction of sp³-hybridized carbons (Fsp3) is 0.227. The lowest BCUT2D eigenvalue weighted by atomic mass is 10.0. The van der Waals surface area contributed by atoms with Crippen LogP contribution >= 0.6 is 0 Å². The van der Waals surface area contributed by atoms with Crippen LogP contribution in [0.1, 0.15) is 17.5 Å². The predicted molar refractivity (Wildman–Crippen MR) is 116 cm³/mol. The summed E-state index contributed by atoms with van der Waals surface area (Å²) in [6, 6.07) is 9.28. The number of nitrogens with two attached hydrogens (primary N) is 1. The molecule has 0 aliphatic carbocycles. The minimum Gasteiger partial charge on any atom is -0.493 e. The Bertz CT molecular complexity index is 1250. The van der Waals surface area contributed by atoms with Gasteiger partial charge in [-0.25, -0.2) is 18.5 Å². The number of benzene rings is 1. The molecule has 164 valence electrons. The molecule has 1 atom stereocenters. The van der Waals surface area contributed by atoms with Gasteiger partial charge < -0.3 is 14.8 Å². The zero-order valence-electron chi connectivity index (χ0n) is 17.2. The summed E-state index contributed by atoms with van der Waals surface area (Å²) < 4.78 is 46.0. The number of nitrogens with zero attached hydrogens (tertiary/aromatic N) is 3. The Labute approximate surface area is 185 Å². The summed E-state index contributed by atoms with van der Waals surface area (Å²) in [7, 11) is -0.453. The lowest BCUT2D eigenvalue weighted by Gasteiger charge is -2.16. The molecule has 10 heteroatoms. The van der Waals surface area contributed by atoms with Crippen LogP contribution in [-0.4, -0.2) is 29.4 Å². The van der Waals surface area contributed by atoms with Gasteiger partial charge in [0.05, 0.1) is 25.2 Å². The van der Waals surface area contributed by atoms with Crippen LogP contribution in [0.2, 0.25) is 0 Å². The van der Waals surface area contributed by atoms with Crippen LogP contribution in [0.15, 0.2) is 36.5 Å². The van der Waals surface area contributed by atoms with Crippen molar-refractivity contribution in [3.8, 4) is 28.8 Å². The van der Waals surface area contributed by atoms with Crippen LogP contribution in [0, 0.1) is 23.0 Å². The van der Waals surface area contributed by atoms with E-state index in [0.29, 0.717) is 40.5 Å². The second-order valence-corrected chi connectivity index (χ2v) is 8.83. The maximum Gasteiger partial charge on any atom is 0.233 e. The second-order valence-electron chi connectivity index (χ2n) is 7.16. The lowest BCUT2D eigenvalue weighted by molar-refractivity contribution is -0.0751. The molecule has 1 aromatic carbocycles. The number of hydrogen-bond acceptors (Lipinski definition) is 6. The number of halogens is 2. The lowest BCUT2D eigenvalue weighted by Crippen LogP contribution is -2.34. The highest BCUT2D eigenvalue weighted by atomic mass is 32.2. The molecule has 0 spiro atoms. The van der Waals surface area contributed by atoms with E-state index in [0.717, 1.165) is 6.20 Å². The van der Waals surface area contributed by atoms with Crippen molar-refractivity contribution in [2.75, 3.05) is 24.8 Å². The van der Waals surface area contributed by atoms with Crippen molar-refractivity contribution in [2.24, 2.45) is 0 Å². The van der Waals surface area contributed by atoms with Gasteiger partial charge >= 0.3 is 0 Å². The van der Waals surface area contributed by atoms with Crippen molar-refractivity contribution in [1.29, 1.82) is 5.26 Å². The zero-order valence-corrected chi connectivity index (χ0v) is 18.0. The average Bonchev–Trinajstić information content (AvgIpc) is 2.74. The molecule has 2 aromatic heterocycles. The normalized spacial score (nSPS) is 13.9. The Hall–Kier alpha value is -3.58. The molecule has 7 nitrogen and oxygen atoms in total. The molecule has 3 aromatic rings. The Morgan fingerprint density at radius 1 is 1.16 bits per heavy atom. The molecule has 1 aliphatic rings. The maximum absolute atomic E-state index is 14.7. The molecule has 4 bridgehead atoms. The summed E-state index contributed by atoms with van der Waals surface area (Å²) in [5, 5.41) is 12.7. The fourth-order valence-electron chi connectivity index (χ4n) is 3.31. The van der Waals surface area contributed by atoms with Gasteiger partial charge in [0.25, 0.3) is 0 Å². The molecule has 1 unspecified atom stereocenters. The summed E-state index contributed by atoms with van der Waals surface area (Å²) >= 11 is 0. The standard InChI is InChI=1S/C22H19F2N5O2S/c1-32(26)12-13-7-21-28-20-9-16(18(24)11-27-20)15-4-3-14(23)8-19(15)30-5-2-6-31-22(29-21)17(13)10-25/h3-4,7-9,11,26H,2,5-6,12H2,1H3,(H,27,28,29)/p+1. The summed E-state index contributed by atoms with van der Waals surface area (Å²) in [4.78, 5) is 8.50. The van der Waals surface area contributed by atoms with Gasteiger partial charge in [-0.15, -0.1) is 0 Å². The molecule has 0 amide bonds. The van der Waals surface area contributed by atoms with E-state index in [-0.39, 0.29) is 30.4 Å². The molecule has 3 heterocycles. The topological polar surface area (TPSA) is 106 Å². The maximum atomic E-state index is 14.7. The van der Waals surface area contributed by atoms with Crippen molar-refractivity contribution in [1.82, 2.24) is 9.97 Å². The monoisotopic (exact) mass is 456 g/mol. The van der Waals surface area contributed by atoms with Gasteiger partial charge in [-0.3, -0.25) is 0 Å². The number of pyridine rings is 2. The third-order valence-corrected chi connectivity index (χ3v) is 5.46. The van der Waals surface area contributed by atoms with Gasteiger partial charge in [-0.1, -0.05) is 0 Å². The predicted octanol–water partition coefficient (Wildman–Crippen LogP) is 2.89. The third kappa shape index (κ3) is 4.68. The number of nitrogens with one attached hydrogen (secondary N) is 1. The fourth-order valence-corrected chi connectivity index (χ4v) is 4.03. The molecule has 3 N–H and O–H groups in total. The first-order valence-electron chi connectivity index (χ1n) is 9.73. The van der Waals surface area contributed by atoms with Crippen molar-refractivity contribution in [2.45, 2.75) is 12.2 Å². The van der Waals surface area contributed by atoms with E-state index in [2.05, 4.69) is 21.4 Å². The van der Waals surface area contributed by atoms with Gasteiger partial charge in [0, 0.05) is 40.6 Å². The highest BCUT2D eigenvalue weighted by Crippen LogP contribution is 2.35. The first-order valence-corrected chi connectivity index (χ1v) is 11.6. The molecule has 4 rings (SSSR count). The van der Waals surface area contributed by atoms with Gasteiger partial charge in [-0.2, -0.15) is 10.2 Å². The number of aromatic nitrogens is 2. The molecule has 32 heavy (non-hydrogen) atoms. The van der Waals surface area contributed by atoms with Crippen molar-refractivity contribution < 1.29 is 23.0 Å². The van der Waals surface area contributed by atoms with Crippen LogP contribution in [-0.2, 0) is 16.4 Å². The van der Waals surface area contributed by atoms with Gasteiger partial charge in [0.1, 0.15) is 40.7 Å². The minimum atomic E-state index is -0.574. The first kappa shape index (κ1) is 21.6. The molecule has 0 saturated carbocycles. The summed E-state index contributed by atoms with van der Waals surface area (Å²) in [6.07, 6.45) is 3.38. The van der Waals surface area contributed by atoms with E-state index in [1.54, 1.807) is 6.07 Å². The van der Waals surface area contributed by atoms with E-state index in [1.165, 1.54) is 24.3 Å². The number of nitriles is 1.